The SMILES string of the molecule is CC(C)CCCOCC(O)CNC1CCN(C)C1=O. The summed E-state index contributed by atoms with van der Waals surface area (Å²) in [6, 6.07) is -0.138. The topological polar surface area (TPSA) is 61.8 Å². The van der Waals surface area contributed by atoms with Crippen LogP contribution in [0.5, 0.6) is 0 Å². The van der Waals surface area contributed by atoms with Crippen LogP contribution in [0, 0.1) is 5.92 Å². The van der Waals surface area contributed by atoms with Gasteiger partial charge in [0.25, 0.3) is 0 Å². The molecule has 0 spiro atoms. The van der Waals surface area contributed by atoms with E-state index in [1.165, 1.54) is 0 Å². The number of aliphatic hydroxyl groups excluding tert-OH is 1. The Morgan fingerprint density at radius 2 is 2.26 bits per heavy atom. The Labute approximate surface area is 116 Å². The molecule has 0 saturated carbocycles. The van der Waals surface area contributed by atoms with Crippen LogP contribution < -0.4 is 5.32 Å². The van der Waals surface area contributed by atoms with Crippen LogP contribution in [-0.2, 0) is 9.53 Å². The zero-order valence-electron chi connectivity index (χ0n) is 12.4. The van der Waals surface area contributed by atoms with Gasteiger partial charge in [0.2, 0.25) is 5.91 Å². The fourth-order valence-corrected chi connectivity index (χ4v) is 2.16. The highest BCUT2D eigenvalue weighted by atomic mass is 16.5. The van der Waals surface area contributed by atoms with Crippen LogP contribution in [0.4, 0.5) is 0 Å². The van der Waals surface area contributed by atoms with Gasteiger partial charge >= 0.3 is 0 Å². The molecule has 0 aliphatic carbocycles. The van der Waals surface area contributed by atoms with E-state index in [0.29, 0.717) is 25.7 Å². The van der Waals surface area contributed by atoms with Gasteiger partial charge in [-0.1, -0.05) is 13.8 Å². The van der Waals surface area contributed by atoms with E-state index >= 15 is 0 Å². The molecule has 0 radical (unpaired) electrons. The number of likely N-dealkylation sites (tertiary alicyclic amines) is 1. The number of rotatable bonds is 9. The van der Waals surface area contributed by atoms with E-state index in [2.05, 4.69) is 19.2 Å². The van der Waals surface area contributed by atoms with E-state index in [1.807, 2.05) is 0 Å². The Balaban J connectivity index is 2.02. The average Bonchev–Trinajstić information content (AvgIpc) is 2.67. The van der Waals surface area contributed by atoms with E-state index in [0.717, 1.165) is 25.8 Å². The van der Waals surface area contributed by atoms with E-state index in [9.17, 15) is 9.90 Å². The van der Waals surface area contributed by atoms with E-state index < -0.39 is 6.10 Å². The molecule has 0 bridgehead atoms. The van der Waals surface area contributed by atoms with Crippen molar-refractivity contribution in [2.24, 2.45) is 5.92 Å². The van der Waals surface area contributed by atoms with Gasteiger partial charge in [0.15, 0.2) is 0 Å². The zero-order chi connectivity index (χ0) is 14.3. The third-order valence-electron chi connectivity index (χ3n) is 3.41. The van der Waals surface area contributed by atoms with Crippen molar-refractivity contribution in [3.05, 3.63) is 0 Å². The zero-order valence-corrected chi connectivity index (χ0v) is 12.4. The highest BCUT2D eigenvalue weighted by Crippen LogP contribution is 2.08. The van der Waals surface area contributed by atoms with Gasteiger partial charge in [-0.05, 0) is 25.2 Å². The number of ether oxygens (including phenoxy) is 1. The lowest BCUT2D eigenvalue weighted by Gasteiger charge is -2.16. The first-order valence-corrected chi connectivity index (χ1v) is 7.25. The van der Waals surface area contributed by atoms with Crippen molar-refractivity contribution in [1.82, 2.24) is 10.2 Å². The summed E-state index contributed by atoms with van der Waals surface area (Å²) in [5, 5.41) is 12.9. The van der Waals surface area contributed by atoms with E-state index in [1.54, 1.807) is 11.9 Å². The summed E-state index contributed by atoms with van der Waals surface area (Å²) in [7, 11) is 1.80. The van der Waals surface area contributed by atoms with Crippen molar-refractivity contribution < 1.29 is 14.6 Å². The molecular weight excluding hydrogens is 244 g/mol. The van der Waals surface area contributed by atoms with Gasteiger partial charge in [-0.15, -0.1) is 0 Å². The molecule has 1 aliphatic heterocycles. The summed E-state index contributed by atoms with van der Waals surface area (Å²) < 4.78 is 5.42. The van der Waals surface area contributed by atoms with Crippen molar-refractivity contribution in [2.75, 3.05) is 33.4 Å². The molecule has 0 aromatic rings. The second-order valence-corrected chi connectivity index (χ2v) is 5.77. The fourth-order valence-electron chi connectivity index (χ4n) is 2.16. The van der Waals surface area contributed by atoms with Gasteiger partial charge < -0.3 is 20.1 Å². The van der Waals surface area contributed by atoms with Crippen molar-refractivity contribution in [3.8, 4) is 0 Å². The Hall–Kier alpha value is -0.650. The molecule has 112 valence electrons. The average molecular weight is 272 g/mol. The number of carbonyl (C=O) groups is 1. The Morgan fingerprint density at radius 3 is 2.84 bits per heavy atom. The molecule has 5 heteroatoms. The van der Waals surface area contributed by atoms with Crippen molar-refractivity contribution in [1.29, 1.82) is 0 Å². The largest absolute Gasteiger partial charge is 0.389 e. The molecule has 1 fully saturated rings. The number of nitrogens with one attached hydrogen (secondary N) is 1. The quantitative estimate of drug-likeness (QED) is 0.604. The lowest BCUT2D eigenvalue weighted by atomic mass is 10.1. The standard InChI is InChI=1S/C14H28N2O3/c1-11(2)5-4-8-19-10-12(17)9-15-13-6-7-16(3)14(13)18/h11-13,15,17H,4-10H2,1-3H3. The minimum atomic E-state index is -0.544. The second kappa shape index (κ2) is 8.51. The Bertz CT molecular complexity index is 271. The number of nitrogens with zero attached hydrogens (tertiary/aromatic N) is 1. The number of amides is 1. The predicted molar refractivity (Wildman–Crippen MR) is 74.9 cm³/mol. The maximum atomic E-state index is 11.6. The van der Waals surface area contributed by atoms with Crippen LogP contribution >= 0.6 is 0 Å². The maximum Gasteiger partial charge on any atom is 0.239 e. The number of carbonyl (C=O) groups excluding carboxylic acids is 1. The van der Waals surface area contributed by atoms with Gasteiger partial charge in [-0.2, -0.15) is 0 Å². The Morgan fingerprint density at radius 1 is 1.53 bits per heavy atom. The fraction of sp³-hybridized carbons (Fsp3) is 0.929. The van der Waals surface area contributed by atoms with Crippen LogP contribution in [0.3, 0.4) is 0 Å². The number of aliphatic hydroxyl groups is 1. The monoisotopic (exact) mass is 272 g/mol. The van der Waals surface area contributed by atoms with Crippen LogP contribution in [0.15, 0.2) is 0 Å². The van der Waals surface area contributed by atoms with E-state index in [4.69, 9.17) is 4.74 Å². The summed E-state index contributed by atoms with van der Waals surface area (Å²) >= 11 is 0. The van der Waals surface area contributed by atoms with Crippen molar-refractivity contribution >= 4 is 5.91 Å². The maximum absolute atomic E-state index is 11.6. The minimum Gasteiger partial charge on any atom is -0.389 e. The van der Waals surface area contributed by atoms with Gasteiger partial charge in [0.1, 0.15) is 0 Å². The first-order chi connectivity index (χ1) is 9.00. The van der Waals surface area contributed by atoms with Crippen LogP contribution in [-0.4, -0.2) is 61.4 Å². The number of likely N-dealkylation sites (N-methyl/N-ethyl adjacent to an activating group) is 1. The van der Waals surface area contributed by atoms with Crippen molar-refractivity contribution in [2.45, 2.75) is 45.3 Å². The smallest absolute Gasteiger partial charge is 0.239 e. The normalized spacial score (nSPS) is 21.4. The van der Waals surface area contributed by atoms with Crippen LogP contribution in [0.1, 0.15) is 33.1 Å². The summed E-state index contributed by atoms with van der Waals surface area (Å²) in [5.41, 5.74) is 0. The van der Waals surface area contributed by atoms with Crippen LogP contribution in [0.25, 0.3) is 0 Å². The molecule has 5 nitrogen and oxygen atoms in total. The molecule has 1 heterocycles. The molecule has 19 heavy (non-hydrogen) atoms. The molecule has 0 aromatic carbocycles. The second-order valence-electron chi connectivity index (χ2n) is 5.77. The third-order valence-corrected chi connectivity index (χ3v) is 3.41. The van der Waals surface area contributed by atoms with E-state index in [-0.39, 0.29) is 11.9 Å². The summed E-state index contributed by atoms with van der Waals surface area (Å²) in [4.78, 5) is 13.3. The van der Waals surface area contributed by atoms with Crippen molar-refractivity contribution in [3.63, 3.8) is 0 Å². The van der Waals surface area contributed by atoms with Gasteiger partial charge in [-0.3, -0.25) is 4.79 Å². The van der Waals surface area contributed by atoms with Gasteiger partial charge in [0, 0.05) is 26.7 Å². The molecule has 2 N–H and O–H groups in total. The lowest BCUT2D eigenvalue weighted by Crippen LogP contribution is -2.41. The first kappa shape index (κ1) is 16.4. The van der Waals surface area contributed by atoms with Gasteiger partial charge in [0.05, 0.1) is 18.8 Å². The molecule has 1 amide bonds. The van der Waals surface area contributed by atoms with Crippen LogP contribution in [0.2, 0.25) is 0 Å². The third kappa shape index (κ3) is 6.36. The summed E-state index contributed by atoms with van der Waals surface area (Å²) in [6.07, 6.45) is 2.45. The molecule has 2 atom stereocenters. The molecule has 1 saturated heterocycles. The molecule has 2 unspecified atom stereocenters. The minimum absolute atomic E-state index is 0.116. The van der Waals surface area contributed by atoms with Gasteiger partial charge in [-0.25, -0.2) is 0 Å². The molecule has 1 aliphatic rings. The highest BCUT2D eigenvalue weighted by Gasteiger charge is 2.28. The summed E-state index contributed by atoms with van der Waals surface area (Å²) in [6.45, 7) is 6.61. The first-order valence-electron chi connectivity index (χ1n) is 7.25. The molecule has 0 aromatic heterocycles. The number of hydrogen-bond donors (Lipinski definition) is 2. The lowest BCUT2D eigenvalue weighted by molar-refractivity contribution is -0.128. The summed E-state index contributed by atoms with van der Waals surface area (Å²) in [5.74, 6) is 0.811. The predicted octanol–water partition coefficient (Wildman–Crippen LogP) is 0.620. The molecular formula is C14H28N2O3. The Kier molecular flexibility index (Phi) is 7.34. The number of hydrogen-bond acceptors (Lipinski definition) is 4. The highest BCUT2D eigenvalue weighted by molar-refractivity contribution is 5.83. The molecule has 1 rings (SSSR count).